The molecule has 0 fully saturated rings. The molecule has 0 aliphatic rings. The van der Waals surface area contributed by atoms with Crippen molar-refractivity contribution in [1.29, 1.82) is 0 Å². The van der Waals surface area contributed by atoms with Gasteiger partial charge in [0.1, 0.15) is 5.60 Å². The van der Waals surface area contributed by atoms with Crippen LogP contribution in [0.15, 0.2) is 41.5 Å². The summed E-state index contributed by atoms with van der Waals surface area (Å²) in [7, 11) is 0. The van der Waals surface area contributed by atoms with E-state index >= 15 is 0 Å². The molecule has 1 aromatic carbocycles. The van der Waals surface area contributed by atoms with Crippen molar-refractivity contribution in [1.82, 2.24) is 9.47 Å². The maximum absolute atomic E-state index is 12.6. The van der Waals surface area contributed by atoms with E-state index in [1.54, 1.807) is 9.47 Å². The molecule has 1 amide bonds. The molecule has 0 aliphatic heterocycles. The molecule has 0 unspecified atom stereocenters. The lowest BCUT2D eigenvalue weighted by Crippen LogP contribution is -2.38. The average molecular weight is 459 g/mol. The molecule has 154 valence electrons. The second-order valence-electron chi connectivity index (χ2n) is 7.81. The van der Waals surface area contributed by atoms with Gasteiger partial charge in [0.05, 0.1) is 12.1 Å². The average Bonchev–Trinajstić information content (AvgIpc) is 3.00. The van der Waals surface area contributed by atoms with Gasteiger partial charge in [0.2, 0.25) is 5.91 Å². The van der Waals surface area contributed by atoms with E-state index in [2.05, 4.69) is 28.4 Å². The first-order valence-corrected chi connectivity index (χ1v) is 10.3. The summed E-state index contributed by atoms with van der Waals surface area (Å²) >= 11 is 3.33. The molecule has 0 spiro atoms. The van der Waals surface area contributed by atoms with Gasteiger partial charge in [-0.1, -0.05) is 40.7 Å². The highest BCUT2D eigenvalue weighted by atomic mass is 79.9. The molecule has 2 aromatic rings. The Bertz CT molecular complexity index is 947. The normalized spacial score (nSPS) is 11.1. The van der Waals surface area contributed by atoms with E-state index in [0.717, 1.165) is 16.5 Å². The zero-order valence-corrected chi connectivity index (χ0v) is 18.8. The van der Waals surface area contributed by atoms with Gasteiger partial charge in [0, 0.05) is 35.5 Å². The Morgan fingerprint density at radius 1 is 1.31 bits per heavy atom. The second kappa shape index (κ2) is 9.80. The lowest BCUT2D eigenvalue weighted by molar-refractivity contribution is 0.0272. The molecule has 0 bridgehead atoms. The third-order valence-corrected chi connectivity index (χ3v) is 4.46. The van der Waals surface area contributed by atoms with E-state index in [4.69, 9.17) is 11.2 Å². The van der Waals surface area contributed by atoms with Crippen LogP contribution in [0.4, 0.5) is 4.79 Å². The monoisotopic (exact) mass is 458 g/mol. The minimum atomic E-state index is -0.581. The number of carbonyl (C=O) groups is 2. The number of carbonyl (C=O) groups excluding carboxylic acids is 2. The number of terminal acetylenes is 1. The number of aromatic nitrogens is 1. The molecular weight excluding hydrogens is 432 g/mol. The molecule has 1 heterocycles. The number of hydrogen-bond acceptors (Lipinski definition) is 3. The highest BCUT2D eigenvalue weighted by Crippen LogP contribution is 2.23. The summed E-state index contributed by atoms with van der Waals surface area (Å²) in [5, 5.41) is 0.989. The number of fused-ring (bicyclic) bond motifs is 1. The molecule has 0 aliphatic carbocycles. The Morgan fingerprint density at radius 3 is 2.62 bits per heavy atom. The van der Waals surface area contributed by atoms with Crippen LogP contribution >= 0.6 is 15.9 Å². The van der Waals surface area contributed by atoms with Gasteiger partial charge in [-0.2, -0.15) is 0 Å². The van der Waals surface area contributed by atoms with Gasteiger partial charge in [-0.15, -0.1) is 12.3 Å². The van der Waals surface area contributed by atoms with Crippen LogP contribution in [-0.4, -0.2) is 40.2 Å². The molecule has 0 saturated heterocycles. The molecule has 0 radical (unpaired) electrons. The molecule has 2 rings (SSSR count). The van der Waals surface area contributed by atoms with Crippen LogP contribution in [0.3, 0.4) is 0 Å². The first-order valence-electron chi connectivity index (χ1n) is 9.49. The van der Waals surface area contributed by atoms with E-state index in [1.807, 2.05) is 51.2 Å². The van der Waals surface area contributed by atoms with Gasteiger partial charge in [-0.25, -0.2) is 4.79 Å². The number of hydrogen-bond donors (Lipinski definition) is 0. The van der Waals surface area contributed by atoms with E-state index < -0.39 is 11.7 Å². The molecule has 0 atom stereocenters. The van der Waals surface area contributed by atoms with Crippen LogP contribution in [0.2, 0.25) is 0 Å². The predicted molar refractivity (Wildman–Crippen MR) is 120 cm³/mol. The molecule has 6 heteroatoms. The Labute approximate surface area is 180 Å². The molecular formula is C23H27BrN2O3. The standard InChI is InChI=1S/C23H27BrN2O3/c1-6-7-12-21(27)26-16-18(19-10-8-9-11-20(19)26)13-14-25(15-17(2)24)22(28)29-23(3,4)5/h1,8-11,16H,2,7,12-15H2,3-5H3. The van der Waals surface area contributed by atoms with Crippen LogP contribution in [0.25, 0.3) is 10.9 Å². The smallest absolute Gasteiger partial charge is 0.410 e. The fraction of sp³-hybridized carbons (Fsp3) is 0.391. The minimum Gasteiger partial charge on any atom is -0.444 e. The lowest BCUT2D eigenvalue weighted by atomic mass is 10.1. The van der Waals surface area contributed by atoms with Crippen molar-refractivity contribution >= 4 is 38.8 Å². The number of halogens is 1. The van der Waals surface area contributed by atoms with Crippen molar-refractivity contribution in [2.75, 3.05) is 13.1 Å². The van der Waals surface area contributed by atoms with Crippen LogP contribution < -0.4 is 0 Å². The summed E-state index contributed by atoms with van der Waals surface area (Å²) in [5.74, 6) is 2.47. The Balaban J connectivity index is 2.25. The zero-order chi connectivity index (χ0) is 21.6. The van der Waals surface area contributed by atoms with Gasteiger partial charge in [-0.3, -0.25) is 9.36 Å². The topological polar surface area (TPSA) is 51.5 Å². The Hall–Kier alpha value is -2.52. The Kier molecular flexibility index (Phi) is 7.69. The summed E-state index contributed by atoms with van der Waals surface area (Å²) < 4.78 is 7.86. The predicted octanol–water partition coefficient (Wildman–Crippen LogP) is 5.38. The first kappa shape index (κ1) is 22.8. The summed E-state index contributed by atoms with van der Waals surface area (Å²) in [6, 6.07) is 7.74. The van der Waals surface area contributed by atoms with Crippen molar-refractivity contribution in [2.45, 2.75) is 45.6 Å². The van der Waals surface area contributed by atoms with Crippen molar-refractivity contribution in [3.8, 4) is 12.3 Å². The number of amides is 1. The second-order valence-corrected chi connectivity index (χ2v) is 8.93. The van der Waals surface area contributed by atoms with Gasteiger partial charge in [0.15, 0.2) is 0 Å². The maximum Gasteiger partial charge on any atom is 0.410 e. The summed E-state index contributed by atoms with van der Waals surface area (Å²) in [5.41, 5.74) is 1.25. The fourth-order valence-electron chi connectivity index (χ4n) is 2.98. The number of nitrogens with zero attached hydrogens (tertiary/aromatic N) is 2. The van der Waals surface area contributed by atoms with Crippen LogP contribution in [-0.2, 0) is 11.2 Å². The molecule has 0 N–H and O–H groups in total. The largest absolute Gasteiger partial charge is 0.444 e. The van der Waals surface area contributed by atoms with E-state index in [1.165, 1.54) is 0 Å². The van der Waals surface area contributed by atoms with Gasteiger partial charge in [-0.05, 0) is 38.8 Å². The summed E-state index contributed by atoms with van der Waals surface area (Å²) in [4.78, 5) is 26.7. The number of benzene rings is 1. The van der Waals surface area contributed by atoms with E-state index in [0.29, 0.717) is 36.8 Å². The molecule has 1 aromatic heterocycles. The third kappa shape index (κ3) is 6.50. The van der Waals surface area contributed by atoms with Gasteiger partial charge >= 0.3 is 6.09 Å². The fourth-order valence-corrected chi connectivity index (χ4v) is 3.28. The quantitative estimate of drug-likeness (QED) is 0.523. The lowest BCUT2D eigenvalue weighted by Gasteiger charge is -2.27. The SMILES string of the molecule is C#CCCC(=O)n1cc(CCN(CC(=C)Br)C(=O)OC(C)(C)C)c2ccccc21. The highest BCUT2D eigenvalue weighted by Gasteiger charge is 2.23. The van der Waals surface area contributed by atoms with Gasteiger partial charge < -0.3 is 9.64 Å². The van der Waals surface area contributed by atoms with Crippen molar-refractivity contribution < 1.29 is 14.3 Å². The molecule has 29 heavy (non-hydrogen) atoms. The van der Waals surface area contributed by atoms with Crippen molar-refractivity contribution in [2.24, 2.45) is 0 Å². The zero-order valence-electron chi connectivity index (χ0n) is 17.2. The summed E-state index contributed by atoms with van der Waals surface area (Å²) in [6.45, 7) is 10.1. The van der Waals surface area contributed by atoms with Crippen molar-refractivity contribution in [3.05, 3.63) is 47.1 Å². The number of ether oxygens (including phenoxy) is 1. The molecule has 0 saturated carbocycles. The van der Waals surface area contributed by atoms with Gasteiger partial charge in [0.25, 0.3) is 0 Å². The number of para-hydroxylation sites is 1. The van der Waals surface area contributed by atoms with Crippen LogP contribution in [0, 0.1) is 12.3 Å². The molecule has 5 nitrogen and oxygen atoms in total. The van der Waals surface area contributed by atoms with Crippen LogP contribution in [0.1, 0.15) is 44.0 Å². The minimum absolute atomic E-state index is 0.0387. The maximum atomic E-state index is 12.6. The Morgan fingerprint density at radius 2 is 2.00 bits per heavy atom. The van der Waals surface area contributed by atoms with Crippen LogP contribution in [0.5, 0.6) is 0 Å². The third-order valence-electron chi connectivity index (χ3n) is 4.21. The first-order chi connectivity index (χ1) is 13.6. The highest BCUT2D eigenvalue weighted by molar-refractivity contribution is 9.11. The van der Waals surface area contributed by atoms with Crippen molar-refractivity contribution in [3.63, 3.8) is 0 Å². The number of rotatable bonds is 7. The summed E-state index contributed by atoms with van der Waals surface area (Å²) in [6.07, 6.45) is 8.02. The van der Waals surface area contributed by atoms with E-state index in [9.17, 15) is 9.59 Å². The van der Waals surface area contributed by atoms with E-state index in [-0.39, 0.29) is 5.91 Å².